The molecule has 0 bridgehead atoms. The predicted molar refractivity (Wildman–Crippen MR) is 73.9 cm³/mol. The minimum atomic E-state index is -0.128. The van der Waals surface area contributed by atoms with Gasteiger partial charge >= 0.3 is 0 Å². The number of aromatic hydroxyl groups is 1. The van der Waals surface area contributed by atoms with Crippen LogP contribution in [0, 0.1) is 0 Å². The number of ketones is 1. The molecule has 1 aromatic carbocycles. The number of benzene rings is 1. The molecule has 1 saturated heterocycles. The van der Waals surface area contributed by atoms with E-state index in [2.05, 4.69) is 9.80 Å². The van der Waals surface area contributed by atoms with Gasteiger partial charge in [0, 0.05) is 44.5 Å². The van der Waals surface area contributed by atoms with Gasteiger partial charge in [0.05, 0.1) is 12.2 Å². The average Bonchev–Trinajstić information content (AvgIpc) is 2.39. The Balaban J connectivity index is 2.04. The lowest BCUT2D eigenvalue weighted by atomic mass is 10.1. The van der Waals surface area contributed by atoms with E-state index in [4.69, 9.17) is 5.11 Å². The van der Waals surface area contributed by atoms with Crippen LogP contribution in [0.1, 0.15) is 17.3 Å². The van der Waals surface area contributed by atoms with Crippen molar-refractivity contribution in [3.63, 3.8) is 0 Å². The van der Waals surface area contributed by atoms with Crippen LogP contribution in [0.4, 0.5) is 5.69 Å². The zero-order chi connectivity index (χ0) is 13.8. The van der Waals surface area contributed by atoms with Crippen molar-refractivity contribution >= 4 is 11.5 Å². The highest BCUT2D eigenvalue weighted by Gasteiger charge is 2.18. The van der Waals surface area contributed by atoms with E-state index in [1.54, 1.807) is 12.1 Å². The van der Waals surface area contributed by atoms with Gasteiger partial charge < -0.3 is 15.1 Å². The maximum Gasteiger partial charge on any atom is 0.163 e. The number of aliphatic hydroxyl groups is 1. The number of rotatable bonds is 4. The Morgan fingerprint density at radius 2 is 1.95 bits per heavy atom. The van der Waals surface area contributed by atoms with E-state index in [-0.39, 0.29) is 18.1 Å². The van der Waals surface area contributed by atoms with Crippen LogP contribution in [-0.2, 0) is 0 Å². The minimum absolute atomic E-state index is 0.0442. The molecule has 5 heteroatoms. The van der Waals surface area contributed by atoms with Crippen LogP contribution < -0.4 is 4.90 Å². The van der Waals surface area contributed by atoms with E-state index >= 15 is 0 Å². The van der Waals surface area contributed by atoms with E-state index < -0.39 is 0 Å². The summed E-state index contributed by atoms with van der Waals surface area (Å²) < 4.78 is 0. The third kappa shape index (κ3) is 3.24. The molecule has 2 N–H and O–H groups in total. The number of carbonyl (C=O) groups is 1. The van der Waals surface area contributed by atoms with Gasteiger partial charge in [-0.3, -0.25) is 9.69 Å². The summed E-state index contributed by atoms with van der Waals surface area (Å²) >= 11 is 0. The topological polar surface area (TPSA) is 64.0 Å². The number of Topliss-reactive ketones (excluding diaryl/α,β-unsaturated/α-hetero) is 1. The van der Waals surface area contributed by atoms with Crippen LogP contribution in [0.2, 0.25) is 0 Å². The molecule has 0 radical (unpaired) electrons. The molecule has 0 aromatic heterocycles. The van der Waals surface area contributed by atoms with Crippen molar-refractivity contribution in [3.8, 4) is 5.75 Å². The molecule has 5 nitrogen and oxygen atoms in total. The second kappa shape index (κ2) is 6.04. The zero-order valence-corrected chi connectivity index (χ0v) is 11.2. The van der Waals surface area contributed by atoms with Crippen molar-refractivity contribution in [3.05, 3.63) is 23.8 Å². The molecule has 1 aliphatic heterocycles. The van der Waals surface area contributed by atoms with Crippen molar-refractivity contribution in [1.29, 1.82) is 0 Å². The lowest BCUT2D eigenvalue weighted by Crippen LogP contribution is -2.47. The summed E-state index contributed by atoms with van der Waals surface area (Å²) in [7, 11) is 0. The first-order valence-electron chi connectivity index (χ1n) is 6.54. The quantitative estimate of drug-likeness (QED) is 0.784. The lowest BCUT2D eigenvalue weighted by Gasteiger charge is -2.35. The molecule has 1 aromatic rings. The van der Waals surface area contributed by atoms with Crippen molar-refractivity contribution in [2.24, 2.45) is 0 Å². The van der Waals surface area contributed by atoms with E-state index in [9.17, 15) is 9.90 Å². The monoisotopic (exact) mass is 264 g/mol. The Morgan fingerprint density at radius 1 is 1.26 bits per heavy atom. The van der Waals surface area contributed by atoms with Crippen LogP contribution in [0.25, 0.3) is 0 Å². The van der Waals surface area contributed by atoms with Gasteiger partial charge in [-0.05, 0) is 19.1 Å². The number of nitrogens with zero attached hydrogens (tertiary/aromatic N) is 2. The summed E-state index contributed by atoms with van der Waals surface area (Å²) in [5.74, 6) is -0.0837. The molecule has 0 aliphatic carbocycles. The van der Waals surface area contributed by atoms with Crippen molar-refractivity contribution in [2.45, 2.75) is 6.92 Å². The third-order valence-corrected chi connectivity index (χ3v) is 3.51. The Hall–Kier alpha value is -1.59. The summed E-state index contributed by atoms with van der Waals surface area (Å²) in [5, 5.41) is 18.7. The van der Waals surface area contributed by atoms with Crippen LogP contribution >= 0.6 is 0 Å². The second-order valence-electron chi connectivity index (χ2n) is 4.81. The average molecular weight is 264 g/mol. The Bertz CT molecular complexity index is 454. The van der Waals surface area contributed by atoms with Gasteiger partial charge in [-0.2, -0.15) is 0 Å². The molecule has 0 amide bonds. The first-order chi connectivity index (χ1) is 9.11. The number of phenols is 1. The molecule has 1 heterocycles. The number of piperazine rings is 1. The van der Waals surface area contributed by atoms with Gasteiger partial charge in [-0.15, -0.1) is 0 Å². The van der Waals surface area contributed by atoms with Gasteiger partial charge in [0.25, 0.3) is 0 Å². The summed E-state index contributed by atoms with van der Waals surface area (Å²) in [5.41, 5.74) is 1.30. The first-order valence-corrected chi connectivity index (χ1v) is 6.54. The van der Waals surface area contributed by atoms with Gasteiger partial charge in [0.1, 0.15) is 5.75 Å². The number of β-amino-alcohol motifs (C(OH)–C–C–N with tert-alkyl or cyclic N) is 1. The molecule has 1 fully saturated rings. The van der Waals surface area contributed by atoms with Crippen LogP contribution in [0.3, 0.4) is 0 Å². The molecule has 19 heavy (non-hydrogen) atoms. The molecule has 1 aliphatic rings. The predicted octanol–water partition coefficient (Wildman–Crippen LogP) is 0.709. The normalized spacial score (nSPS) is 16.6. The lowest BCUT2D eigenvalue weighted by molar-refractivity contribution is 0.101. The van der Waals surface area contributed by atoms with E-state index in [1.807, 2.05) is 6.07 Å². The highest BCUT2D eigenvalue weighted by atomic mass is 16.3. The van der Waals surface area contributed by atoms with Gasteiger partial charge in [0.2, 0.25) is 0 Å². The minimum Gasteiger partial charge on any atom is -0.507 e. The van der Waals surface area contributed by atoms with Crippen LogP contribution in [-0.4, -0.2) is 60.2 Å². The number of hydrogen-bond donors (Lipinski definition) is 2. The summed E-state index contributed by atoms with van der Waals surface area (Å²) in [6.07, 6.45) is 0. The largest absolute Gasteiger partial charge is 0.507 e. The Kier molecular flexibility index (Phi) is 4.39. The Morgan fingerprint density at radius 3 is 2.47 bits per heavy atom. The summed E-state index contributed by atoms with van der Waals surface area (Å²) in [4.78, 5) is 15.7. The van der Waals surface area contributed by atoms with Crippen molar-refractivity contribution < 1.29 is 15.0 Å². The summed E-state index contributed by atoms with van der Waals surface area (Å²) in [6, 6.07) is 5.20. The van der Waals surface area contributed by atoms with Crippen molar-refractivity contribution in [1.82, 2.24) is 4.90 Å². The second-order valence-corrected chi connectivity index (χ2v) is 4.81. The number of hydrogen-bond acceptors (Lipinski definition) is 5. The van der Waals surface area contributed by atoms with Crippen molar-refractivity contribution in [2.75, 3.05) is 44.2 Å². The molecule has 0 spiro atoms. The number of carbonyl (C=O) groups excluding carboxylic acids is 1. The first kappa shape index (κ1) is 13.8. The van der Waals surface area contributed by atoms with Crippen LogP contribution in [0.5, 0.6) is 5.75 Å². The molecule has 104 valence electrons. The molecule has 0 saturated carbocycles. The molecule has 0 atom stereocenters. The Labute approximate surface area is 113 Å². The van der Waals surface area contributed by atoms with E-state index in [0.717, 1.165) is 31.9 Å². The standard InChI is InChI=1S/C14H20N2O3/c1-11(18)13-3-2-12(10-14(13)19)16-6-4-15(5-7-16)8-9-17/h2-3,10,17,19H,4-9H2,1H3. The highest BCUT2D eigenvalue weighted by Crippen LogP contribution is 2.25. The molecular weight excluding hydrogens is 244 g/mol. The van der Waals surface area contributed by atoms with E-state index in [1.165, 1.54) is 6.92 Å². The van der Waals surface area contributed by atoms with Gasteiger partial charge in [0.15, 0.2) is 5.78 Å². The molecule has 0 unspecified atom stereocenters. The number of phenolic OH excluding ortho intramolecular Hbond substituents is 1. The van der Waals surface area contributed by atoms with Crippen LogP contribution in [0.15, 0.2) is 18.2 Å². The van der Waals surface area contributed by atoms with Gasteiger partial charge in [-0.25, -0.2) is 0 Å². The molecule has 2 rings (SSSR count). The zero-order valence-electron chi connectivity index (χ0n) is 11.2. The fraction of sp³-hybridized carbons (Fsp3) is 0.500. The number of aliphatic hydroxyl groups excluding tert-OH is 1. The molecular formula is C14H20N2O3. The fourth-order valence-corrected chi connectivity index (χ4v) is 2.39. The smallest absolute Gasteiger partial charge is 0.163 e. The van der Waals surface area contributed by atoms with E-state index in [0.29, 0.717) is 12.1 Å². The third-order valence-electron chi connectivity index (χ3n) is 3.51. The fourth-order valence-electron chi connectivity index (χ4n) is 2.39. The van der Waals surface area contributed by atoms with Gasteiger partial charge in [-0.1, -0.05) is 0 Å². The SMILES string of the molecule is CC(=O)c1ccc(N2CCN(CCO)CC2)cc1O. The highest BCUT2D eigenvalue weighted by molar-refractivity contribution is 5.97. The summed E-state index contributed by atoms with van der Waals surface area (Å²) in [6.45, 7) is 5.86. The maximum atomic E-state index is 11.3. The number of anilines is 1. The maximum absolute atomic E-state index is 11.3.